The Morgan fingerprint density at radius 2 is 1.69 bits per heavy atom. The second-order valence-electron chi connectivity index (χ2n) is 10.8. The molecule has 0 saturated heterocycles. The van der Waals surface area contributed by atoms with Gasteiger partial charge in [0.1, 0.15) is 0 Å². The van der Waals surface area contributed by atoms with Crippen LogP contribution >= 0.6 is 0 Å². The first-order valence-corrected chi connectivity index (χ1v) is 15.0. The molecule has 1 N–H and O–H groups in total. The molecule has 3 aromatic carbocycles. The monoisotopic (exact) mass is 609 g/mol. The molecule has 0 atom stereocenters. The van der Waals surface area contributed by atoms with Crippen LogP contribution in [0.3, 0.4) is 0 Å². The summed E-state index contributed by atoms with van der Waals surface area (Å²) in [5.74, 6) is -2.73. The summed E-state index contributed by atoms with van der Waals surface area (Å²) in [6.07, 6.45) is 2.71. The van der Waals surface area contributed by atoms with E-state index in [9.17, 15) is 24.3 Å². The molecule has 0 bridgehead atoms. The lowest BCUT2D eigenvalue weighted by molar-refractivity contribution is 0.0517. The molecule has 0 spiro atoms. The Bertz CT molecular complexity index is 1770. The van der Waals surface area contributed by atoms with Crippen LogP contribution in [-0.4, -0.2) is 63.9 Å². The summed E-state index contributed by atoms with van der Waals surface area (Å²) in [5.41, 5.74) is 4.52. The quantitative estimate of drug-likeness (QED) is 0.226. The molecule has 0 radical (unpaired) electrons. The van der Waals surface area contributed by atoms with E-state index in [1.807, 2.05) is 31.2 Å². The fourth-order valence-electron chi connectivity index (χ4n) is 5.66. The van der Waals surface area contributed by atoms with Gasteiger partial charge in [0.05, 0.1) is 36.2 Å². The van der Waals surface area contributed by atoms with Gasteiger partial charge in [0, 0.05) is 24.2 Å². The first-order chi connectivity index (χ1) is 21.8. The van der Waals surface area contributed by atoms with Crippen molar-refractivity contribution in [3.05, 3.63) is 106 Å². The number of carboxylic acids is 1. The number of unbranched alkanes of at least 4 members (excludes halogenated alkanes) is 1. The van der Waals surface area contributed by atoms with Crippen LogP contribution < -0.4 is 0 Å². The molecule has 0 saturated carbocycles. The third-order valence-corrected chi connectivity index (χ3v) is 7.91. The SMILES string of the molecule is CCCCc1c(-c2ccc(C(=O)O)cc2C(=O)N2CCc3ccccc3C2)c(C(=O)OCC)nn1-c1cccc(C(=O)OC)c1. The summed E-state index contributed by atoms with van der Waals surface area (Å²) in [5, 5.41) is 14.6. The number of rotatable bonds is 10. The standard InChI is InChI=1S/C35H35N3O7/c1-4-6-14-29-30(31(35(43)45-5-2)36-38(29)26-13-9-12-24(19-26)34(42)44-3)27-16-15-23(33(40)41)20-28(27)32(39)37-18-17-22-10-7-8-11-25(22)21-37/h7-13,15-16,19-20H,4-6,14,17-18,21H2,1-3H3,(H,40,41). The number of carbonyl (C=O) groups is 4. The highest BCUT2D eigenvalue weighted by molar-refractivity contribution is 6.06. The smallest absolute Gasteiger partial charge is 0.359 e. The first kappa shape index (κ1) is 31.2. The van der Waals surface area contributed by atoms with Crippen molar-refractivity contribution >= 4 is 23.8 Å². The second kappa shape index (κ2) is 13.6. The molecule has 5 rings (SSSR count). The summed E-state index contributed by atoms with van der Waals surface area (Å²) in [6.45, 7) is 4.66. The Labute approximate surface area is 261 Å². The van der Waals surface area contributed by atoms with Gasteiger partial charge in [-0.15, -0.1) is 0 Å². The molecule has 2 heterocycles. The van der Waals surface area contributed by atoms with E-state index in [2.05, 4.69) is 0 Å². The molecule has 1 aliphatic rings. The van der Waals surface area contributed by atoms with Crippen LogP contribution in [0.4, 0.5) is 0 Å². The largest absolute Gasteiger partial charge is 0.478 e. The molecule has 10 heteroatoms. The van der Waals surface area contributed by atoms with Gasteiger partial charge in [0.15, 0.2) is 5.69 Å². The van der Waals surface area contributed by atoms with E-state index in [1.54, 1.807) is 46.8 Å². The average molecular weight is 610 g/mol. The number of aromatic carboxylic acids is 1. The van der Waals surface area contributed by atoms with Crippen molar-refractivity contribution in [2.75, 3.05) is 20.3 Å². The van der Waals surface area contributed by atoms with Crippen molar-refractivity contribution in [2.45, 2.75) is 46.1 Å². The summed E-state index contributed by atoms with van der Waals surface area (Å²) in [7, 11) is 1.30. The van der Waals surface area contributed by atoms with Crippen LogP contribution in [0.15, 0.2) is 66.7 Å². The summed E-state index contributed by atoms with van der Waals surface area (Å²) in [6, 6.07) is 19.0. The summed E-state index contributed by atoms with van der Waals surface area (Å²) >= 11 is 0. The van der Waals surface area contributed by atoms with Crippen molar-refractivity contribution in [3.63, 3.8) is 0 Å². The number of nitrogens with zero attached hydrogens (tertiary/aromatic N) is 3. The number of fused-ring (bicyclic) bond motifs is 1. The first-order valence-electron chi connectivity index (χ1n) is 15.0. The zero-order chi connectivity index (χ0) is 32.1. The number of carboxylic acid groups (broad SMARTS) is 1. The Hall–Kier alpha value is -5.25. The zero-order valence-corrected chi connectivity index (χ0v) is 25.5. The van der Waals surface area contributed by atoms with Gasteiger partial charge in [-0.2, -0.15) is 5.10 Å². The summed E-state index contributed by atoms with van der Waals surface area (Å²) < 4.78 is 11.9. The highest BCUT2D eigenvalue weighted by Crippen LogP contribution is 2.36. The minimum absolute atomic E-state index is 0.00691. The van der Waals surface area contributed by atoms with Crippen molar-refractivity contribution in [3.8, 4) is 16.8 Å². The van der Waals surface area contributed by atoms with Crippen LogP contribution in [-0.2, 0) is 28.9 Å². The lowest BCUT2D eigenvalue weighted by Gasteiger charge is -2.29. The molecule has 1 amide bonds. The number of hydrogen-bond acceptors (Lipinski definition) is 7. The van der Waals surface area contributed by atoms with Crippen molar-refractivity contribution < 1.29 is 33.8 Å². The zero-order valence-electron chi connectivity index (χ0n) is 25.5. The van der Waals surface area contributed by atoms with Gasteiger partial charge in [-0.05, 0) is 73.2 Å². The fourth-order valence-corrected chi connectivity index (χ4v) is 5.66. The van der Waals surface area contributed by atoms with Crippen molar-refractivity contribution in [2.24, 2.45) is 0 Å². The van der Waals surface area contributed by atoms with Gasteiger partial charge in [0.2, 0.25) is 0 Å². The number of amides is 1. The van der Waals surface area contributed by atoms with Crippen LogP contribution in [0.5, 0.6) is 0 Å². The topological polar surface area (TPSA) is 128 Å². The number of aromatic nitrogens is 2. The normalized spacial score (nSPS) is 12.4. The summed E-state index contributed by atoms with van der Waals surface area (Å²) in [4.78, 5) is 53.9. The van der Waals surface area contributed by atoms with Gasteiger partial charge in [-0.25, -0.2) is 19.1 Å². The van der Waals surface area contributed by atoms with Gasteiger partial charge < -0.3 is 19.5 Å². The molecule has 0 fully saturated rings. The van der Waals surface area contributed by atoms with Gasteiger partial charge in [0.25, 0.3) is 5.91 Å². The molecule has 1 aromatic heterocycles. The van der Waals surface area contributed by atoms with E-state index >= 15 is 0 Å². The number of ether oxygens (including phenoxy) is 2. The van der Waals surface area contributed by atoms with Crippen LogP contribution in [0.1, 0.15) is 85.1 Å². The molecular formula is C35H35N3O7. The van der Waals surface area contributed by atoms with Crippen molar-refractivity contribution in [1.82, 2.24) is 14.7 Å². The van der Waals surface area contributed by atoms with E-state index in [0.717, 1.165) is 18.4 Å². The Kier molecular flexibility index (Phi) is 9.42. The molecule has 0 unspecified atom stereocenters. The maximum atomic E-state index is 14.3. The van der Waals surface area contributed by atoms with Gasteiger partial charge in [-0.3, -0.25) is 4.79 Å². The van der Waals surface area contributed by atoms with Gasteiger partial charge in [-0.1, -0.05) is 49.7 Å². The Morgan fingerprint density at radius 3 is 2.40 bits per heavy atom. The lowest BCUT2D eigenvalue weighted by atomic mass is 9.92. The molecule has 4 aromatic rings. The fraction of sp³-hybridized carbons (Fsp3) is 0.286. The molecule has 1 aliphatic heterocycles. The van der Waals surface area contributed by atoms with E-state index in [1.165, 1.54) is 24.8 Å². The molecule has 45 heavy (non-hydrogen) atoms. The lowest BCUT2D eigenvalue weighted by Crippen LogP contribution is -2.36. The number of carbonyl (C=O) groups excluding carboxylic acids is 3. The third kappa shape index (κ3) is 6.35. The van der Waals surface area contributed by atoms with Crippen LogP contribution in [0.25, 0.3) is 16.8 Å². The van der Waals surface area contributed by atoms with E-state index in [-0.39, 0.29) is 29.3 Å². The molecule has 232 valence electrons. The second-order valence-corrected chi connectivity index (χ2v) is 10.8. The predicted molar refractivity (Wildman–Crippen MR) is 167 cm³/mol. The Morgan fingerprint density at radius 1 is 0.911 bits per heavy atom. The maximum Gasteiger partial charge on any atom is 0.359 e. The van der Waals surface area contributed by atoms with Crippen molar-refractivity contribution in [1.29, 1.82) is 0 Å². The highest BCUT2D eigenvalue weighted by atomic mass is 16.5. The van der Waals surface area contributed by atoms with Gasteiger partial charge >= 0.3 is 17.9 Å². The molecule has 0 aliphatic carbocycles. The third-order valence-electron chi connectivity index (χ3n) is 7.91. The van der Waals surface area contributed by atoms with E-state index in [4.69, 9.17) is 14.6 Å². The van der Waals surface area contributed by atoms with Crippen LogP contribution in [0, 0.1) is 0 Å². The number of hydrogen-bond donors (Lipinski definition) is 1. The molecule has 10 nitrogen and oxygen atoms in total. The van der Waals surface area contributed by atoms with E-state index < -0.39 is 17.9 Å². The maximum absolute atomic E-state index is 14.3. The predicted octanol–water partition coefficient (Wildman–Crippen LogP) is 5.74. The molecular weight excluding hydrogens is 574 g/mol. The highest BCUT2D eigenvalue weighted by Gasteiger charge is 2.31. The number of esters is 2. The minimum Gasteiger partial charge on any atom is -0.478 e. The number of benzene rings is 3. The van der Waals surface area contributed by atoms with E-state index in [0.29, 0.717) is 54.0 Å². The average Bonchev–Trinajstić information content (AvgIpc) is 3.45. The Balaban J connectivity index is 1.73. The minimum atomic E-state index is -1.17. The van der Waals surface area contributed by atoms with Crippen LogP contribution in [0.2, 0.25) is 0 Å². The number of methoxy groups -OCH3 is 1.